The Morgan fingerprint density at radius 2 is 2.38 bits per heavy atom. The maximum absolute atomic E-state index is 2.43. The molecule has 0 radical (unpaired) electrons. The molecule has 2 rings (SSSR count). The van der Waals surface area contributed by atoms with Gasteiger partial charge in [-0.25, -0.2) is 0 Å². The van der Waals surface area contributed by atoms with Gasteiger partial charge in [0.2, 0.25) is 0 Å². The van der Waals surface area contributed by atoms with E-state index in [0.717, 1.165) is 15.9 Å². The molecule has 0 spiro atoms. The number of hydrogen-bond donors (Lipinski definition) is 0. The van der Waals surface area contributed by atoms with E-state index < -0.39 is 0 Å². The Balaban J connectivity index is 2.12. The van der Waals surface area contributed by atoms with Gasteiger partial charge in [-0.15, -0.1) is 0 Å². The van der Waals surface area contributed by atoms with Crippen LogP contribution in [0, 0.1) is 5.41 Å². The highest BCUT2D eigenvalue weighted by molar-refractivity contribution is 8.02. The molecule has 1 saturated carbocycles. The van der Waals surface area contributed by atoms with Crippen LogP contribution >= 0.6 is 11.8 Å². The Morgan fingerprint density at radius 1 is 1.62 bits per heavy atom. The first-order valence-corrected chi connectivity index (χ1v) is 4.33. The first-order valence-electron chi connectivity index (χ1n) is 3.39. The largest absolute Gasteiger partial charge is 0.154 e. The van der Waals surface area contributed by atoms with Gasteiger partial charge in [-0.2, -0.15) is 11.8 Å². The van der Waals surface area contributed by atoms with Gasteiger partial charge in [0, 0.05) is 10.5 Å². The SMILES string of the molecule is CC1SC2CCC12C. The molecular formula is C7H12S. The second-order valence-corrected chi connectivity index (χ2v) is 4.86. The van der Waals surface area contributed by atoms with Crippen LogP contribution in [0.3, 0.4) is 0 Å². The minimum atomic E-state index is 0.782. The number of rotatable bonds is 0. The van der Waals surface area contributed by atoms with Gasteiger partial charge in [0.15, 0.2) is 0 Å². The summed E-state index contributed by atoms with van der Waals surface area (Å²) in [7, 11) is 0. The molecule has 1 heterocycles. The van der Waals surface area contributed by atoms with Crippen molar-refractivity contribution in [1.82, 2.24) is 0 Å². The average molecular weight is 128 g/mol. The lowest BCUT2D eigenvalue weighted by molar-refractivity contribution is 0.145. The Morgan fingerprint density at radius 3 is 2.38 bits per heavy atom. The van der Waals surface area contributed by atoms with Crippen molar-refractivity contribution in [2.75, 3.05) is 0 Å². The Labute approximate surface area is 55.0 Å². The molecule has 3 atom stereocenters. The minimum Gasteiger partial charge on any atom is -0.154 e. The van der Waals surface area contributed by atoms with E-state index in [9.17, 15) is 0 Å². The monoisotopic (exact) mass is 128 g/mol. The fraction of sp³-hybridized carbons (Fsp3) is 1.00. The summed E-state index contributed by atoms with van der Waals surface area (Å²) in [4.78, 5) is 0. The molecule has 0 N–H and O–H groups in total. The number of thioether (sulfide) groups is 1. The van der Waals surface area contributed by atoms with Crippen molar-refractivity contribution in [3.8, 4) is 0 Å². The van der Waals surface area contributed by atoms with Crippen LogP contribution in [-0.4, -0.2) is 10.5 Å². The fourth-order valence-corrected chi connectivity index (χ4v) is 3.48. The van der Waals surface area contributed by atoms with Crippen molar-refractivity contribution >= 4 is 11.8 Å². The highest BCUT2D eigenvalue weighted by Gasteiger charge is 2.55. The van der Waals surface area contributed by atoms with Gasteiger partial charge >= 0.3 is 0 Å². The van der Waals surface area contributed by atoms with E-state index in [2.05, 4.69) is 25.6 Å². The zero-order chi connectivity index (χ0) is 5.78. The summed E-state index contributed by atoms with van der Waals surface area (Å²) >= 11 is 2.18. The molecule has 0 nitrogen and oxygen atoms in total. The van der Waals surface area contributed by atoms with E-state index in [4.69, 9.17) is 0 Å². The maximum Gasteiger partial charge on any atom is 0.0114 e. The third-order valence-electron chi connectivity index (χ3n) is 2.98. The summed E-state index contributed by atoms with van der Waals surface area (Å²) in [5.74, 6) is 0. The van der Waals surface area contributed by atoms with Crippen LogP contribution in [0.2, 0.25) is 0 Å². The molecule has 8 heavy (non-hydrogen) atoms. The fourth-order valence-electron chi connectivity index (χ4n) is 1.74. The quantitative estimate of drug-likeness (QED) is 0.482. The first kappa shape index (κ1) is 5.16. The third-order valence-corrected chi connectivity index (χ3v) is 5.03. The Bertz CT molecular complexity index is 116. The van der Waals surface area contributed by atoms with Crippen LogP contribution in [0.5, 0.6) is 0 Å². The molecule has 46 valence electrons. The molecular weight excluding hydrogens is 116 g/mol. The van der Waals surface area contributed by atoms with Crippen molar-refractivity contribution in [2.45, 2.75) is 37.2 Å². The standard InChI is InChI=1S/C7H12S/c1-5-7(2)4-3-6(7)8-5/h5-6H,3-4H2,1-2H3. The zero-order valence-electron chi connectivity index (χ0n) is 5.48. The average Bonchev–Trinajstić information content (AvgIpc) is 1.79. The molecule has 1 aliphatic heterocycles. The van der Waals surface area contributed by atoms with E-state index >= 15 is 0 Å². The predicted octanol–water partition coefficient (Wildman–Crippen LogP) is 2.29. The van der Waals surface area contributed by atoms with Gasteiger partial charge in [-0.05, 0) is 18.3 Å². The van der Waals surface area contributed by atoms with Gasteiger partial charge < -0.3 is 0 Å². The smallest absolute Gasteiger partial charge is 0.0114 e. The Kier molecular flexibility index (Phi) is 0.811. The van der Waals surface area contributed by atoms with Crippen molar-refractivity contribution in [2.24, 2.45) is 5.41 Å². The lowest BCUT2D eigenvalue weighted by Crippen LogP contribution is -2.56. The molecule has 0 aromatic carbocycles. The van der Waals surface area contributed by atoms with E-state index in [1.54, 1.807) is 0 Å². The molecule has 2 aliphatic rings. The molecule has 1 saturated heterocycles. The molecule has 0 aromatic heterocycles. The molecule has 2 fully saturated rings. The summed E-state index contributed by atoms with van der Waals surface area (Å²) in [6, 6.07) is 0. The van der Waals surface area contributed by atoms with Crippen LogP contribution in [0.25, 0.3) is 0 Å². The van der Waals surface area contributed by atoms with E-state index in [0.29, 0.717) is 0 Å². The van der Waals surface area contributed by atoms with Gasteiger partial charge in [-0.1, -0.05) is 13.8 Å². The molecule has 1 heteroatoms. The van der Waals surface area contributed by atoms with Crippen LogP contribution in [0.4, 0.5) is 0 Å². The summed E-state index contributed by atoms with van der Waals surface area (Å²) in [5.41, 5.74) is 0.782. The van der Waals surface area contributed by atoms with E-state index in [1.165, 1.54) is 12.8 Å². The summed E-state index contributed by atoms with van der Waals surface area (Å²) in [6.45, 7) is 4.79. The summed E-state index contributed by atoms with van der Waals surface area (Å²) in [5, 5.41) is 2.01. The minimum absolute atomic E-state index is 0.782. The summed E-state index contributed by atoms with van der Waals surface area (Å²) < 4.78 is 0. The third kappa shape index (κ3) is 0.364. The predicted molar refractivity (Wildman–Crippen MR) is 38.2 cm³/mol. The van der Waals surface area contributed by atoms with Crippen molar-refractivity contribution in [3.05, 3.63) is 0 Å². The maximum atomic E-state index is 2.43. The van der Waals surface area contributed by atoms with Crippen LogP contribution < -0.4 is 0 Å². The molecule has 1 aliphatic carbocycles. The molecule has 0 aromatic rings. The van der Waals surface area contributed by atoms with Gasteiger partial charge in [0.05, 0.1) is 0 Å². The van der Waals surface area contributed by atoms with Crippen LogP contribution in [-0.2, 0) is 0 Å². The van der Waals surface area contributed by atoms with Gasteiger partial charge in [-0.3, -0.25) is 0 Å². The van der Waals surface area contributed by atoms with E-state index in [-0.39, 0.29) is 0 Å². The van der Waals surface area contributed by atoms with Crippen LogP contribution in [0.1, 0.15) is 26.7 Å². The highest BCUT2D eigenvalue weighted by Crippen LogP contribution is 2.63. The van der Waals surface area contributed by atoms with Crippen molar-refractivity contribution in [3.63, 3.8) is 0 Å². The van der Waals surface area contributed by atoms with Gasteiger partial charge in [0.25, 0.3) is 0 Å². The first-order chi connectivity index (χ1) is 3.73. The second kappa shape index (κ2) is 1.26. The zero-order valence-corrected chi connectivity index (χ0v) is 6.29. The molecule has 0 bridgehead atoms. The van der Waals surface area contributed by atoms with Crippen LogP contribution in [0.15, 0.2) is 0 Å². The second-order valence-electron chi connectivity index (χ2n) is 3.31. The molecule has 0 amide bonds. The topological polar surface area (TPSA) is 0 Å². The van der Waals surface area contributed by atoms with E-state index in [1.807, 2.05) is 0 Å². The summed E-state index contributed by atoms with van der Waals surface area (Å²) in [6.07, 6.45) is 2.98. The Hall–Kier alpha value is 0.350. The number of hydrogen-bond acceptors (Lipinski definition) is 1. The van der Waals surface area contributed by atoms with Crippen molar-refractivity contribution < 1.29 is 0 Å². The number of fused-ring (bicyclic) bond motifs is 1. The van der Waals surface area contributed by atoms with Gasteiger partial charge in [0.1, 0.15) is 0 Å². The lowest BCUT2D eigenvalue weighted by Gasteiger charge is -2.60. The normalized spacial score (nSPS) is 60.8. The molecule has 3 unspecified atom stereocenters. The van der Waals surface area contributed by atoms with Crippen molar-refractivity contribution in [1.29, 1.82) is 0 Å². The highest BCUT2D eigenvalue weighted by atomic mass is 32.2. The lowest BCUT2D eigenvalue weighted by atomic mass is 9.66.